The lowest BCUT2D eigenvalue weighted by Gasteiger charge is -2.48. The molecule has 1 aromatic rings. The van der Waals surface area contributed by atoms with Crippen LogP contribution in [0.5, 0.6) is 0 Å². The second kappa shape index (κ2) is 7.35. The fourth-order valence-electron chi connectivity index (χ4n) is 2.96. The van der Waals surface area contributed by atoms with Crippen molar-refractivity contribution in [1.29, 1.82) is 0 Å². The van der Waals surface area contributed by atoms with Gasteiger partial charge in [0.1, 0.15) is 5.72 Å². The third-order valence-electron chi connectivity index (χ3n) is 4.31. The summed E-state index contributed by atoms with van der Waals surface area (Å²) in [6.07, 6.45) is 1.69. The highest BCUT2D eigenvalue weighted by atomic mass is 16.5. The zero-order valence-electron chi connectivity index (χ0n) is 13.7. The molecule has 1 saturated heterocycles. The van der Waals surface area contributed by atoms with Gasteiger partial charge in [0.05, 0.1) is 18.2 Å². The van der Waals surface area contributed by atoms with Crippen LogP contribution in [0, 0.1) is 0 Å². The van der Waals surface area contributed by atoms with E-state index >= 15 is 0 Å². The maximum Gasteiger partial charge on any atom is 0.338 e. The highest BCUT2D eigenvalue weighted by molar-refractivity contribution is 5.89. The highest BCUT2D eigenvalue weighted by Crippen LogP contribution is 2.35. The van der Waals surface area contributed by atoms with Crippen LogP contribution in [0.1, 0.15) is 37.0 Å². The molecular formula is C16H22N4O3. The van der Waals surface area contributed by atoms with E-state index in [0.717, 1.165) is 25.1 Å². The lowest BCUT2D eigenvalue weighted by atomic mass is 9.93. The summed E-state index contributed by atoms with van der Waals surface area (Å²) in [5, 5.41) is 3.89. The molecule has 0 bridgehead atoms. The van der Waals surface area contributed by atoms with Crippen LogP contribution < -0.4 is 4.90 Å². The summed E-state index contributed by atoms with van der Waals surface area (Å²) in [4.78, 5) is 16.8. The first kappa shape index (κ1) is 17.1. The van der Waals surface area contributed by atoms with Gasteiger partial charge in [-0.15, -0.1) is 0 Å². The Labute approximate surface area is 135 Å². The minimum absolute atomic E-state index is 0.268. The zero-order valence-corrected chi connectivity index (χ0v) is 13.7. The lowest BCUT2D eigenvalue weighted by Crippen LogP contribution is -2.59. The standard InChI is InChI=1S/C16H22N4O3/c1-4-23-15(21)12-7-9-13(10-8-12)20-11-5-6-14(18-19-17)16(20,2)22-3/h7-10,14H,4-6,11H2,1-3H3. The Morgan fingerprint density at radius 3 is 2.74 bits per heavy atom. The molecule has 1 aliphatic rings. The highest BCUT2D eigenvalue weighted by Gasteiger charge is 2.42. The van der Waals surface area contributed by atoms with Gasteiger partial charge >= 0.3 is 5.97 Å². The predicted molar refractivity (Wildman–Crippen MR) is 87.3 cm³/mol. The molecule has 1 heterocycles. The molecule has 2 unspecified atom stereocenters. The summed E-state index contributed by atoms with van der Waals surface area (Å²) in [6, 6.07) is 6.93. The van der Waals surface area contributed by atoms with Gasteiger partial charge in [-0.2, -0.15) is 0 Å². The van der Waals surface area contributed by atoms with E-state index < -0.39 is 5.72 Å². The topological polar surface area (TPSA) is 87.5 Å². The Morgan fingerprint density at radius 2 is 2.17 bits per heavy atom. The summed E-state index contributed by atoms with van der Waals surface area (Å²) in [5.41, 5.74) is 9.50. The molecule has 124 valence electrons. The third kappa shape index (κ3) is 3.41. The van der Waals surface area contributed by atoms with Crippen molar-refractivity contribution >= 4 is 11.7 Å². The zero-order chi connectivity index (χ0) is 16.9. The number of esters is 1. The Hall–Kier alpha value is -2.24. The van der Waals surface area contributed by atoms with Crippen LogP contribution in [0.15, 0.2) is 29.4 Å². The fraction of sp³-hybridized carbons (Fsp3) is 0.562. The third-order valence-corrected chi connectivity index (χ3v) is 4.31. The first-order chi connectivity index (χ1) is 11.1. The molecule has 7 nitrogen and oxygen atoms in total. The molecular weight excluding hydrogens is 296 g/mol. The summed E-state index contributed by atoms with van der Waals surface area (Å²) in [7, 11) is 1.62. The minimum atomic E-state index is -0.712. The number of benzene rings is 1. The van der Waals surface area contributed by atoms with Gasteiger partial charge in [0.25, 0.3) is 0 Å². The van der Waals surface area contributed by atoms with E-state index in [2.05, 4.69) is 14.9 Å². The lowest BCUT2D eigenvalue weighted by molar-refractivity contribution is -0.0307. The average Bonchev–Trinajstić information content (AvgIpc) is 2.57. The molecule has 1 aromatic carbocycles. The van der Waals surface area contributed by atoms with Crippen molar-refractivity contribution in [3.63, 3.8) is 0 Å². The molecule has 0 spiro atoms. The number of methoxy groups -OCH3 is 1. The van der Waals surface area contributed by atoms with Gasteiger partial charge in [-0.3, -0.25) is 0 Å². The maximum absolute atomic E-state index is 11.7. The Kier molecular flexibility index (Phi) is 5.47. The second-order valence-corrected chi connectivity index (χ2v) is 5.54. The smallest absolute Gasteiger partial charge is 0.338 e. The first-order valence-electron chi connectivity index (χ1n) is 7.71. The minimum Gasteiger partial charge on any atom is -0.462 e. The molecule has 1 fully saturated rings. The number of azide groups is 1. The van der Waals surface area contributed by atoms with Crippen LogP contribution >= 0.6 is 0 Å². The van der Waals surface area contributed by atoms with E-state index in [1.54, 1.807) is 26.2 Å². The predicted octanol–water partition coefficient (Wildman–Crippen LogP) is 3.51. The molecule has 7 heteroatoms. The van der Waals surface area contributed by atoms with Crippen molar-refractivity contribution in [3.8, 4) is 0 Å². The van der Waals surface area contributed by atoms with Crippen LogP contribution in [0.25, 0.3) is 10.4 Å². The fourth-order valence-corrected chi connectivity index (χ4v) is 2.96. The summed E-state index contributed by atoms with van der Waals surface area (Å²) in [6.45, 7) is 4.84. The normalized spacial score (nSPS) is 24.0. The van der Waals surface area contributed by atoms with Gasteiger partial charge in [-0.05, 0) is 56.5 Å². The Bertz CT molecular complexity index is 598. The molecule has 2 rings (SSSR count). The summed E-state index contributed by atoms with van der Waals surface area (Å²) < 4.78 is 10.7. The number of piperidine rings is 1. The molecule has 0 aromatic heterocycles. The van der Waals surface area contributed by atoms with Gasteiger partial charge in [0, 0.05) is 24.3 Å². The molecule has 0 aliphatic carbocycles. The molecule has 0 amide bonds. The van der Waals surface area contributed by atoms with Crippen LogP contribution in [-0.2, 0) is 9.47 Å². The summed E-state index contributed by atoms with van der Waals surface area (Å²) >= 11 is 0. The van der Waals surface area contributed by atoms with E-state index in [1.807, 2.05) is 19.1 Å². The van der Waals surface area contributed by atoms with Crippen LogP contribution in [0.3, 0.4) is 0 Å². The van der Waals surface area contributed by atoms with Crippen LogP contribution in [-0.4, -0.2) is 38.0 Å². The quantitative estimate of drug-likeness (QED) is 0.360. The molecule has 23 heavy (non-hydrogen) atoms. The number of carbonyl (C=O) groups is 1. The number of rotatable bonds is 5. The number of anilines is 1. The van der Waals surface area contributed by atoms with Crippen molar-refractivity contribution in [3.05, 3.63) is 40.3 Å². The second-order valence-electron chi connectivity index (χ2n) is 5.54. The van der Waals surface area contributed by atoms with Gasteiger partial charge in [0.2, 0.25) is 0 Å². The van der Waals surface area contributed by atoms with Gasteiger partial charge in [-0.25, -0.2) is 4.79 Å². The monoisotopic (exact) mass is 318 g/mol. The number of carbonyl (C=O) groups excluding carboxylic acids is 1. The molecule has 0 N–H and O–H groups in total. The van der Waals surface area contributed by atoms with E-state index in [-0.39, 0.29) is 12.0 Å². The summed E-state index contributed by atoms with van der Waals surface area (Å²) in [5.74, 6) is -0.334. The van der Waals surface area contributed by atoms with Gasteiger partial charge in [0.15, 0.2) is 0 Å². The molecule has 0 saturated carbocycles. The Morgan fingerprint density at radius 1 is 1.48 bits per heavy atom. The molecule has 0 radical (unpaired) electrons. The molecule has 2 atom stereocenters. The largest absolute Gasteiger partial charge is 0.462 e. The van der Waals surface area contributed by atoms with Crippen molar-refractivity contribution in [2.24, 2.45) is 5.11 Å². The number of nitrogens with zero attached hydrogens (tertiary/aromatic N) is 4. The van der Waals surface area contributed by atoms with Crippen LogP contribution in [0.4, 0.5) is 5.69 Å². The van der Waals surface area contributed by atoms with Crippen molar-refractivity contribution in [2.45, 2.75) is 38.5 Å². The SMILES string of the molecule is CCOC(=O)c1ccc(N2CCCC(N=[N+]=[N-])C2(C)OC)cc1. The maximum atomic E-state index is 11.7. The van der Waals surface area contributed by atoms with Crippen molar-refractivity contribution in [2.75, 3.05) is 25.2 Å². The van der Waals surface area contributed by atoms with Crippen molar-refractivity contribution in [1.82, 2.24) is 0 Å². The van der Waals surface area contributed by atoms with E-state index in [0.29, 0.717) is 12.2 Å². The van der Waals surface area contributed by atoms with E-state index in [9.17, 15) is 4.79 Å². The average molecular weight is 318 g/mol. The number of ether oxygens (including phenoxy) is 2. The van der Waals surface area contributed by atoms with Crippen molar-refractivity contribution < 1.29 is 14.3 Å². The van der Waals surface area contributed by atoms with E-state index in [1.165, 1.54) is 0 Å². The van der Waals surface area contributed by atoms with Gasteiger partial charge in [-0.1, -0.05) is 5.11 Å². The number of hydrogen-bond donors (Lipinski definition) is 0. The first-order valence-corrected chi connectivity index (χ1v) is 7.71. The number of hydrogen-bond acceptors (Lipinski definition) is 5. The van der Waals surface area contributed by atoms with Crippen LogP contribution in [0.2, 0.25) is 0 Å². The molecule has 1 aliphatic heterocycles. The van der Waals surface area contributed by atoms with E-state index in [4.69, 9.17) is 15.0 Å². The van der Waals surface area contributed by atoms with Gasteiger partial charge < -0.3 is 14.4 Å². The Balaban J connectivity index is 2.28.